The minimum Gasteiger partial charge on any atom is -0.457 e. The van der Waals surface area contributed by atoms with E-state index in [0.29, 0.717) is 5.76 Å². The Hall–Kier alpha value is -2.92. The Labute approximate surface area is 142 Å². The smallest absolute Gasteiger partial charge is 0.331 e. The molecule has 0 radical (unpaired) electrons. The fourth-order valence-corrected chi connectivity index (χ4v) is 3.28. The summed E-state index contributed by atoms with van der Waals surface area (Å²) in [6, 6.07) is 17.4. The molecule has 2 aromatic carbocycles. The number of hydrogen-bond acceptors (Lipinski definition) is 5. The summed E-state index contributed by atoms with van der Waals surface area (Å²) < 4.78 is 11.9. The third-order valence-corrected chi connectivity index (χ3v) is 4.51. The fourth-order valence-electron chi connectivity index (χ4n) is 2.40. The van der Waals surface area contributed by atoms with Crippen LogP contribution in [0.1, 0.15) is 10.8 Å². The highest BCUT2D eigenvalue weighted by Gasteiger charge is 2.06. The lowest BCUT2D eigenvalue weighted by Gasteiger charge is -1.97. The first-order chi connectivity index (χ1) is 11.8. The van der Waals surface area contributed by atoms with E-state index < -0.39 is 5.97 Å². The topological polar surface area (TPSA) is 52.3 Å². The van der Waals surface area contributed by atoms with E-state index in [2.05, 4.69) is 4.98 Å². The maximum absolute atomic E-state index is 11.8. The highest BCUT2D eigenvalue weighted by atomic mass is 32.1. The number of esters is 1. The van der Waals surface area contributed by atoms with Gasteiger partial charge in [0, 0.05) is 11.5 Å². The Balaban J connectivity index is 1.40. The van der Waals surface area contributed by atoms with Crippen LogP contribution in [0.5, 0.6) is 0 Å². The monoisotopic (exact) mass is 335 g/mol. The Bertz CT molecular complexity index is 979. The Morgan fingerprint density at radius 2 is 2.00 bits per heavy atom. The van der Waals surface area contributed by atoms with Gasteiger partial charge in [-0.1, -0.05) is 30.3 Å². The highest BCUT2D eigenvalue weighted by molar-refractivity contribution is 7.18. The lowest BCUT2D eigenvalue weighted by molar-refractivity contribution is -0.138. The third-order valence-electron chi connectivity index (χ3n) is 3.50. The molecule has 0 aliphatic rings. The molecule has 0 atom stereocenters. The number of furan rings is 1. The van der Waals surface area contributed by atoms with Crippen molar-refractivity contribution in [2.45, 2.75) is 6.61 Å². The van der Waals surface area contributed by atoms with E-state index in [9.17, 15) is 4.79 Å². The number of para-hydroxylation sites is 2. The van der Waals surface area contributed by atoms with Crippen molar-refractivity contribution in [3.05, 3.63) is 71.4 Å². The van der Waals surface area contributed by atoms with Gasteiger partial charge in [-0.3, -0.25) is 0 Å². The number of hydrogen-bond donors (Lipinski definition) is 0. The third kappa shape index (κ3) is 3.07. The molecule has 0 amide bonds. The van der Waals surface area contributed by atoms with E-state index in [1.54, 1.807) is 6.08 Å². The van der Waals surface area contributed by atoms with Crippen LogP contribution in [0, 0.1) is 0 Å². The van der Waals surface area contributed by atoms with E-state index in [1.807, 2.05) is 54.6 Å². The molecule has 0 fully saturated rings. The number of carbonyl (C=O) groups is 1. The molecule has 24 heavy (non-hydrogen) atoms. The zero-order valence-corrected chi connectivity index (χ0v) is 13.5. The molecule has 0 saturated heterocycles. The molecule has 5 heteroatoms. The van der Waals surface area contributed by atoms with Gasteiger partial charge in [0.2, 0.25) is 0 Å². The van der Waals surface area contributed by atoms with Crippen molar-refractivity contribution < 1.29 is 13.9 Å². The van der Waals surface area contributed by atoms with Crippen molar-refractivity contribution in [3.63, 3.8) is 0 Å². The molecule has 0 aliphatic heterocycles. The van der Waals surface area contributed by atoms with Gasteiger partial charge in [0.15, 0.2) is 0 Å². The quantitative estimate of drug-likeness (QED) is 0.397. The van der Waals surface area contributed by atoms with Gasteiger partial charge < -0.3 is 9.15 Å². The summed E-state index contributed by atoms with van der Waals surface area (Å²) >= 11 is 1.53. The van der Waals surface area contributed by atoms with Crippen molar-refractivity contribution >= 4 is 44.6 Å². The van der Waals surface area contributed by atoms with Crippen LogP contribution < -0.4 is 0 Å². The highest BCUT2D eigenvalue weighted by Crippen LogP contribution is 2.22. The zero-order valence-electron chi connectivity index (χ0n) is 12.6. The van der Waals surface area contributed by atoms with Crippen LogP contribution >= 0.6 is 11.3 Å². The fraction of sp³-hybridized carbons (Fsp3) is 0.0526. The van der Waals surface area contributed by atoms with Gasteiger partial charge in [-0.05, 0) is 30.3 Å². The molecule has 4 aromatic rings. The van der Waals surface area contributed by atoms with Crippen LogP contribution in [0.15, 0.2) is 65.1 Å². The van der Waals surface area contributed by atoms with Crippen molar-refractivity contribution in [2.75, 3.05) is 0 Å². The predicted molar refractivity (Wildman–Crippen MR) is 94.7 cm³/mol. The van der Waals surface area contributed by atoms with Crippen LogP contribution in [0.3, 0.4) is 0 Å². The largest absolute Gasteiger partial charge is 0.457 e. The number of thiazole rings is 1. The Morgan fingerprint density at radius 3 is 2.88 bits per heavy atom. The second kappa shape index (κ2) is 6.29. The molecule has 0 bridgehead atoms. The molecule has 0 N–H and O–H groups in total. The Kier molecular flexibility index (Phi) is 3.84. The van der Waals surface area contributed by atoms with Crippen LogP contribution in [-0.2, 0) is 16.1 Å². The van der Waals surface area contributed by atoms with Gasteiger partial charge in [0.1, 0.15) is 23.0 Å². The number of nitrogens with zero attached hydrogens (tertiary/aromatic N) is 1. The maximum atomic E-state index is 11.8. The number of benzene rings is 2. The molecular formula is C19H13NO3S. The standard InChI is InChI=1S/C19H13NO3S/c21-19(10-9-14-11-13-5-1-3-7-16(13)23-14)22-12-18-20-15-6-2-4-8-17(15)24-18/h1-11H,12H2/b10-9+. The summed E-state index contributed by atoms with van der Waals surface area (Å²) in [4.78, 5) is 16.3. The first kappa shape index (κ1) is 14.7. The van der Waals surface area contributed by atoms with Crippen molar-refractivity contribution in [1.82, 2.24) is 4.98 Å². The van der Waals surface area contributed by atoms with Gasteiger partial charge in [0.25, 0.3) is 0 Å². The van der Waals surface area contributed by atoms with Gasteiger partial charge in [-0.25, -0.2) is 9.78 Å². The summed E-state index contributed by atoms with van der Waals surface area (Å²) in [5, 5.41) is 1.78. The van der Waals surface area contributed by atoms with Crippen molar-refractivity contribution in [3.8, 4) is 0 Å². The molecule has 118 valence electrons. The number of aromatic nitrogens is 1. The van der Waals surface area contributed by atoms with E-state index >= 15 is 0 Å². The van der Waals surface area contributed by atoms with Crippen LogP contribution in [0.25, 0.3) is 27.3 Å². The second-order valence-corrected chi connectivity index (χ2v) is 6.32. The van der Waals surface area contributed by atoms with Crippen molar-refractivity contribution in [2.24, 2.45) is 0 Å². The van der Waals surface area contributed by atoms with E-state index in [1.165, 1.54) is 17.4 Å². The van der Waals surface area contributed by atoms with E-state index in [-0.39, 0.29) is 6.61 Å². The summed E-state index contributed by atoms with van der Waals surface area (Å²) in [6.07, 6.45) is 2.98. The average Bonchev–Trinajstić information content (AvgIpc) is 3.21. The number of carbonyl (C=O) groups excluding carboxylic acids is 1. The molecule has 0 spiro atoms. The molecular weight excluding hydrogens is 322 g/mol. The van der Waals surface area contributed by atoms with Crippen molar-refractivity contribution in [1.29, 1.82) is 0 Å². The molecule has 2 heterocycles. The molecule has 2 aromatic heterocycles. The van der Waals surface area contributed by atoms with E-state index in [4.69, 9.17) is 9.15 Å². The van der Waals surface area contributed by atoms with Gasteiger partial charge in [-0.2, -0.15) is 0 Å². The van der Waals surface area contributed by atoms with Gasteiger partial charge >= 0.3 is 5.97 Å². The minimum absolute atomic E-state index is 0.169. The minimum atomic E-state index is -0.422. The predicted octanol–water partition coefficient (Wildman–Crippen LogP) is 4.80. The lowest BCUT2D eigenvalue weighted by atomic mass is 10.2. The molecule has 0 saturated carbocycles. The summed E-state index contributed by atoms with van der Waals surface area (Å²) in [5.41, 5.74) is 1.71. The Morgan fingerprint density at radius 1 is 1.17 bits per heavy atom. The summed E-state index contributed by atoms with van der Waals surface area (Å²) in [7, 11) is 0. The van der Waals surface area contributed by atoms with Crippen LogP contribution in [0.2, 0.25) is 0 Å². The SMILES string of the molecule is O=C(/C=C/c1cc2ccccc2o1)OCc1nc2ccccc2s1. The summed E-state index contributed by atoms with van der Waals surface area (Å²) in [5.74, 6) is 0.197. The van der Waals surface area contributed by atoms with E-state index in [0.717, 1.165) is 26.2 Å². The molecule has 0 aliphatic carbocycles. The summed E-state index contributed by atoms with van der Waals surface area (Å²) in [6.45, 7) is 0.169. The first-order valence-corrected chi connectivity index (χ1v) is 8.27. The zero-order chi connectivity index (χ0) is 16.4. The molecule has 0 unspecified atom stereocenters. The average molecular weight is 335 g/mol. The number of rotatable bonds is 4. The van der Waals surface area contributed by atoms with Crippen LogP contribution in [0.4, 0.5) is 0 Å². The maximum Gasteiger partial charge on any atom is 0.331 e. The first-order valence-electron chi connectivity index (χ1n) is 7.46. The molecule has 4 rings (SSSR count). The molecule has 4 nitrogen and oxygen atoms in total. The van der Waals surface area contributed by atoms with Gasteiger partial charge in [-0.15, -0.1) is 11.3 Å². The second-order valence-electron chi connectivity index (χ2n) is 5.20. The lowest BCUT2D eigenvalue weighted by Crippen LogP contribution is -2.00. The van der Waals surface area contributed by atoms with Gasteiger partial charge in [0.05, 0.1) is 10.2 Å². The number of ether oxygens (including phenoxy) is 1. The number of fused-ring (bicyclic) bond motifs is 2. The van der Waals surface area contributed by atoms with Crippen LogP contribution in [-0.4, -0.2) is 11.0 Å². The normalized spacial score (nSPS) is 11.5.